The highest BCUT2D eigenvalue weighted by atomic mass is 35.5. The number of sulfonamides is 1. The van der Waals surface area contributed by atoms with Crippen molar-refractivity contribution in [2.75, 3.05) is 26.2 Å². The predicted molar refractivity (Wildman–Crippen MR) is 77.2 cm³/mol. The molecule has 0 unspecified atom stereocenters. The number of piperazine rings is 1. The number of alkyl halides is 1. The van der Waals surface area contributed by atoms with Crippen LogP contribution < -0.4 is 0 Å². The van der Waals surface area contributed by atoms with E-state index >= 15 is 0 Å². The molecule has 1 aromatic heterocycles. The van der Waals surface area contributed by atoms with Gasteiger partial charge >= 0.3 is 0 Å². The Morgan fingerprint density at radius 1 is 1.26 bits per heavy atom. The SMILES string of the molecule is O=S(=O)(c1cc(CCl)cs1)N1CCN(C2CC2)CC1. The van der Waals surface area contributed by atoms with E-state index in [-0.39, 0.29) is 0 Å². The van der Waals surface area contributed by atoms with Crippen molar-refractivity contribution in [3.8, 4) is 0 Å². The Labute approximate surface area is 123 Å². The van der Waals surface area contributed by atoms with E-state index in [9.17, 15) is 8.42 Å². The molecule has 1 saturated carbocycles. The van der Waals surface area contributed by atoms with E-state index < -0.39 is 10.0 Å². The Kier molecular flexibility index (Phi) is 3.88. The van der Waals surface area contributed by atoms with Crippen LogP contribution >= 0.6 is 22.9 Å². The Hall–Kier alpha value is -0.140. The van der Waals surface area contributed by atoms with Crippen molar-refractivity contribution in [2.24, 2.45) is 0 Å². The van der Waals surface area contributed by atoms with Crippen LogP contribution in [-0.4, -0.2) is 49.8 Å². The van der Waals surface area contributed by atoms with Crippen molar-refractivity contribution in [3.63, 3.8) is 0 Å². The van der Waals surface area contributed by atoms with Crippen LogP contribution in [0.15, 0.2) is 15.7 Å². The maximum atomic E-state index is 12.5. The van der Waals surface area contributed by atoms with E-state index in [1.165, 1.54) is 24.2 Å². The minimum Gasteiger partial charge on any atom is -0.298 e. The van der Waals surface area contributed by atoms with Crippen LogP contribution in [0.5, 0.6) is 0 Å². The molecule has 4 nitrogen and oxygen atoms in total. The number of hydrogen-bond donors (Lipinski definition) is 0. The molecular formula is C12H17ClN2O2S2. The van der Waals surface area contributed by atoms with Crippen LogP contribution in [0.3, 0.4) is 0 Å². The fourth-order valence-corrected chi connectivity index (χ4v) is 5.46. The fraction of sp³-hybridized carbons (Fsp3) is 0.667. The molecule has 0 N–H and O–H groups in total. The number of hydrogen-bond acceptors (Lipinski definition) is 4. The minimum atomic E-state index is -3.31. The molecule has 1 saturated heterocycles. The number of rotatable bonds is 4. The highest BCUT2D eigenvalue weighted by molar-refractivity contribution is 7.91. The number of halogens is 1. The Bertz CT molecular complexity index is 546. The molecule has 0 amide bonds. The van der Waals surface area contributed by atoms with Gasteiger partial charge in [-0.25, -0.2) is 8.42 Å². The van der Waals surface area contributed by atoms with Crippen molar-refractivity contribution in [2.45, 2.75) is 29.0 Å². The van der Waals surface area contributed by atoms with Crippen LogP contribution in [-0.2, 0) is 15.9 Å². The summed E-state index contributed by atoms with van der Waals surface area (Å²) in [6.45, 7) is 2.93. The predicted octanol–water partition coefficient (Wildman–Crippen LogP) is 1.96. The second kappa shape index (κ2) is 5.33. The van der Waals surface area contributed by atoms with Gasteiger partial charge in [0.2, 0.25) is 0 Å². The highest BCUT2D eigenvalue weighted by Gasteiger charge is 2.35. The molecule has 3 rings (SSSR count). The third-order valence-corrected chi connectivity index (χ3v) is 7.39. The Balaban J connectivity index is 1.70. The largest absolute Gasteiger partial charge is 0.298 e. The lowest BCUT2D eigenvalue weighted by atomic mass is 10.3. The van der Waals surface area contributed by atoms with Crippen molar-refractivity contribution < 1.29 is 8.42 Å². The highest BCUT2D eigenvalue weighted by Crippen LogP contribution is 2.30. The summed E-state index contributed by atoms with van der Waals surface area (Å²) >= 11 is 7.00. The summed E-state index contributed by atoms with van der Waals surface area (Å²) in [6, 6.07) is 2.41. The van der Waals surface area contributed by atoms with Gasteiger partial charge in [-0.2, -0.15) is 4.31 Å². The smallest absolute Gasteiger partial charge is 0.252 e. The molecule has 2 fully saturated rings. The zero-order chi connectivity index (χ0) is 13.5. The van der Waals surface area contributed by atoms with Crippen LogP contribution in [0.2, 0.25) is 0 Å². The first-order chi connectivity index (χ1) is 9.11. The summed E-state index contributed by atoms with van der Waals surface area (Å²) in [5, 5.41) is 1.82. The summed E-state index contributed by atoms with van der Waals surface area (Å²) in [5.41, 5.74) is 0.877. The average Bonchev–Trinajstić information content (AvgIpc) is 3.15. The number of thiophene rings is 1. The van der Waals surface area contributed by atoms with Gasteiger partial charge in [-0.3, -0.25) is 4.90 Å². The van der Waals surface area contributed by atoms with Gasteiger partial charge in [-0.05, 0) is 29.9 Å². The maximum absolute atomic E-state index is 12.5. The molecule has 0 radical (unpaired) electrons. The first-order valence-electron chi connectivity index (χ1n) is 6.49. The van der Waals surface area contributed by atoms with Gasteiger partial charge in [-0.15, -0.1) is 22.9 Å². The standard InChI is InChI=1S/C12H17ClN2O2S2/c13-8-10-7-12(18-9-10)19(16,17)15-5-3-14(4-6-15)11-1-2-11/h7,9,11H,1-6,8H2. The lowest BCUT2D eigenvalue weighted by molar-refractivity contribution is 0.181. The summed E-state index contributed by atoms with van der Waals surface area (Å²) in [4.78, 5) is 2.41. The summed E-state index contributed by atoms with van der Waals surface area (Å²) < 4.78 is 27.0. The van der Waals surface area contributed by atoms with E-state index in [1.807, 2.05) is 5.38 Å². The van der Waals surface area contributed by atoms with Crippen molar-refractivity contribution in [3.05, 3.63) is 17.0 Å². The Morgan fingerprint density at radius 2 is 1.95 bits per heavy atom. The molecule has 2 aliphatic rings. The van der Waals surface area contributed by atoms with E-state index in [2.05, 4.69) is 4.90 Å². The average molecular weight is 321 g/mol. The monoisotopic (exact) mass is 320 g/mol. The molecule has 2 heterocycles. The van der Waals surface area contributed by atoms with Crippen molar-refractivity contribution in [1.82, 2.24) is 9.21 Å². The molecule has 0 aromatic carbocycles. The first kappa shape index (κ1) is 13.8. The summed E-state index contributed by atoms with van der Waals surface area (Å²) in [7, 11) is -3.31. The zero-order valence-electron chi connectivity index (χ0n) is 10.6. The second-order valence-corrected chi connectivity index (χ2v) is 8.42. The summed E-state index contributed by atoms with van der Waals surface area (Å²) in [5.74, 6) is 0.363. The molecule has 1 aliphatic carbocycles. The molecule has 0 bridgehead atoms. The van der Waals surface area contributed by atoms with Gasteiger partial charge in [0.1, 0.15) is 4.21 Å². The van der Waals surface area contributed by atoms with E-state index in [0.29, 0.717) is 23.2 Å². The summed E-state index contributed by atoms with van der Waals surface area (Å²) in [6.07, 6.45) is 2.55. The second-order valence-electron chi connectivity index (χ2n) is 5.08. The third kappa shape index (κ3) is 2.83. The lowest BCUT2D eigenvalue weighted by Crippen LogP contribution is -2.49. The van der Waals surface area contributed by atoms with Gasteiger partial charge in [0.05, 0.1) is 0 Å². The maximum Gasteiger partial charge on any atom is 0.252 e. The van der Waals surface area contributed by atoms with Crippen molar-refractivity contribution >= 4 is 33.0 Å². The first-order valence-corrected chi connectivity index (χ1v) is 9.34. The molecule has 1 aliphatic heterocycles. The van der Waals surface area contributed by atoms with Crippen LogP contribution in [0.25, 0.3) is 0 Å². The van der Waals surface area contributed by atoms with Gasteiger partial charge in [0.25, 0.3) is 10.0 Å². The molecule has 7 heteroatoms. The van der Waals surface area contributed by atoms with Crippen molar-refractivity contribution in [1.29, 1.82) is 0 Å². The van der Waals surface area contributed by atoms with Crippen LogP contribution in [0.1, 0.15) is 18.4 Å². The van der Waals surface area contributed by atoms with Crippen LogP contribution in [0, 0.1) is 0 Å². The van der Waals surface area contributed by atoms with Crippen LogP contribution in [0.4, 0.5) is 0 Å². The topological polar surface area (TPSA) is 40.6 Å². The quantitative estimate of drug-likeness (QED) is 0.796. The molecule has 0 spiro atoms. The third-order valence-electron chi connectivity index (χ3n) is 3.71. The van der Waals surface area contributed by atoms with Gasteiger partial charge in [0.15, 0.2) is 0 Å². The van der Waals surface area contributed by atoms with E-state index in [0.717, 1.165) is 24.7 Å². The lowest BCUT2D eigenvalue weighted by Gasteiger charge is -2.33. The zero-order valence-corrected chi connectivity index (χ0v) is 13.0. The molecular weight excluding hydrogens is 304 g/mol. The van der Waals surface area contributed by atoms with Gasteiger partial charge < -0.3 is 0 Å². The molecule has 0 atom stereocenters. The van der Waals surface area contributed by atoms with E-state index in [1.54, 1.807) is 10.4 Å². The molecule has 106 valence electrons. The molecule has 1 aromatic rings. The fourth-order valence-electron chi connectivity index (χ4n) is 2.43. The Morgan fingerprint density at radius 3 is 2.47 bits per heavy atom. The number of nitrogens with zero attached hydrogens (tertiary/aromatic N) is 2. The van der Waals surface area contributed by atoms with Gasteiger partial charge in [0, 0.05) is 38.1 Å². The molecule has 19 heavy (non-hydrogen) atoms. The normalized spacial score (nSPS) is 22.8. The van der Waals surface area contributed by atoms with Gasteiger partial charge in [-0.1, -0.05) is 0 Å². The van der Waals surface area contributed by atoms with E-state index in [4.69, 9.17) is 11.6 Å². The minimum absolute atomic E-state index is 0.363.